The fourth-order valence-corrected chi connectivity index (χ4v) is 9.06. The number of amides is 2. The molecule has 1 unspecified atom stereocenters. The van der Waals surface area contributed by atoms with Crippen LogP contribution < -0.4 is 10.4 Å². The molecule has 4 aliphatic heterocycles. The van der Waals surface area contributed by atoms with Crippen LogP contribution in [0.4, 0.5) is 5.69 Å². The van der Waals surface area contributed by atoms with Crippen molar-refractivity contribution in [2.45, 2.75) is 128 Å². The third-order valence-corrected chi connectivity index (χ3v) is 13.0. The fraction of sp³-hybridized carbons (Fsp3) is 0.778. The molecule has 2 aliphatic carbocycles. The van der Waals surface area contributed by atoms with Crippen molar-refractivity contribution < 1.29 is 23.6 Å². The molecule has 8 heteroatoms. The standard InChI is InChI=1S/C36H53BN2O5/c1-33(2)13-7-8-24(11-14-33)26-20-28(21-26)39-30-22-27(37-43-34(3,4)35(5,6)44-37)9-10-29(30)36(32(39)41)15-17-38(18-16-36)31(40)25-12-19-42-23-25/h9-10,22,24-26,28H,7-8,11-21,23H2,1-6H3/t24?,25-,26?,28?/m1/s1. The Hall–Kier alpha value is -1.90. The molecule has 0 N–H and O–H groups in total. The number of carbonyl (C=O) groups is 2. The number of fused-ring (bicyclic) bond motifs is 2. The Morgan fingerprint density at radius 3 is 2.25 bits per heavy atom. The van der Waals surface area contributed by atoms with Crippen molar-refractivity contribution in [1.82, 2.24) is 4.90 Å². The zero-order chi connectivity index (χ0) is 31.1. The van der Waals surface area contributed by atoms with Crippen LogP contribution in [-0.4, -0.2) is 67.4 Å². The topological polar surface area (TPSA) is 68.3 Å². The first kappa shape index (κ1) is 30.7. The van der Waals surface area contributed by atoms with Gasteiger partial charge in [-0.2, -0.15) is 0 Å². The highest BCUT2D eigenvalue weighted by atomic mass is 16.7. The van der Waals surface area contributed by atoms with Crippen molar-refractivity contribution in [3.05, 3.63) is 23.8 Å². The zero-order valence-electron chi connectivity index (χ0n) is 28.0. The number of nitrogens with zero attached hydrogens (tertiary/aromatic N) is 2. The summed E-state index contributed by atoms with van der Waals surface area (Å²) in [5.41, 5.74) is 2.21. The maximum atomic E-state index is 14.7. The second-order valence-corrected chi connectivity index (χ2v) is 16.7. The molecule has 4 heterocycles. The molecule has 1 spiro atoms. The Balaban J connectivity index is 1.14. The van der Waals surface area contributed by atoms with Crippen molar-refractivity contribution in [1.29, 1.82) is 0 Å². The Kier molecular flexibility index (Phi) is 7.57. The van der Waals surface area contributed by atoms with E-state index in [-0.39, 0.29) is 23.8 Å². The lowest BCUT2D eigenvalue weighted by Crippen LogP contribution is -2.55. The molecule has 2 saturated carbocycles. The van der Waals surface area contributed by atoms with Crippen LogP contribution in [0.1, 0.15) is 111 Å². The van der Waals surface area contributed by atoms with Gasteiger partial charge in [0.15, 0.2) is 0 Å². The maximum absolute atomic E-state index is 14.7. The van der Waals surface area contributed by atoms with E-state index in [9.17, 15) is 9.59 Å². The van der Waals surface area contributed by atoms with Crippen LogP contribution >= 0.6 is 0 Å². The summed E-state index contributed by atoms with van der Waals surface area (Å²) in [5.74, 6) is 1.91. The van der Waals surface area contributed by atoms with E-state index < -0.39 is 23.7 Å². The third-order valence-electron chi connectivity index (χ3n) is 13.0. The first-order chi connectivity index (χ1) is 20.8. The van der Waals surface area contributed by atoms with Crippen molar-refractivity contribution in [3.8, 4) is 0 Å². The monoisotopic (exact) mass is 604 g/mol. The van der Waals surface area contributed by atoms with Gasteiger partial charge in [0.05, 0.1) is 29.1 Å². The number of hydrogen-bond donors (Lipinski definition) is 0. The van der Waals surface area contributed by atoms with E-state index in [0.717, 1.165) is 41.9 Å². The summed E-state index contributed by atoms with van der Waals surface area (Å²) < 4.78 is 18.4. The van der Waals surface area contributed by atoms with E-state index >= 15 is 0 Å². The van der Waals surface area contributed by atoms with Crippen LogP contribution in [0.5, 0.6) is 0 Å². The fourth-order valence-electron chi connectivity index (χ4n) is 9.06. The van der Waals surface area contributed by atoms with E-state index in [1.165, 1.54) is 32.1 Å². The summed E-state index contributed by atoms with van der Waals surface area (Å²) in [6.07, 6.45) is 11.0. The van der Waals surface area contributed by atoms with Crippen LogP contribution in [0, 0.1) is 23.2 Å². The Labute approximate surface area is 264 Å². The number of piperidine rings is 1. The molecule has 1 aromatic rings. The lowest BCUT2D eigenvalue weighted by molar-refractivity contribution is -0.139. The number of anilines is 1. The summed E-state index contributed by atoms with van der Waals surface area (Å²) in [6.45, 7) is 15.6. The number of hydrogen-bond acceptors (Lipinski definition) is 5. The van der Waals surface area contributed by atoms with Gasteiger partial charge in [-0.15, -0.1) is 0 Å². The minimum absolute atomic E-state index is 0.0314. The molecule has 0 bridgehead atoms. The molecule has 3 saturated heterocycles. The van der Waals surface area contributed by atoms with Gasteiger partial charge in [-0.1, -0.05) is 38.8 Å². The lowest BCUT2D eigenvalue weighted by atomic mass is 9.68. The average molecular weight is 605 g/mol. The summed E-state index contributed by atoms with van der Waals surface area (Å²) in [5, 5.41) is 0. The Morgan fingerprint density at radius 1 is 0.886 bits per heavy atom. The minimum atomic E-state index is -0.565. The van der Waals surface area contributed by atoms with E-state index in [1.807, 2.05) is 4.90 Å². The SMILES string of the molecule is CC1(C)CCCC(C2CC(N3C(=O)C4(CCN(C(=O)[C@@H]5CCOC5)CC4)c4ccc(B5OC(C)(C)C(C)(C)O5)cc43)C2)CC1. The van der Waals surface area contributed by atoms with E-state index in [2.05, 4.69) is 64.6 Å². The molecule has 7 nitrogen and oxygen atoms in total. The summed E-state index contributed by atoms with van der Waals surface area (Å²) in [6, 6.07) is 6.73. The molecule has 7 rings (SSSR count). The van der Waals surface area contributed by atoms with Gasteiger partial charge in [0.25, 0.3) is 0 Å². The van der Waals surface area contributed by atoms with Crippen LogP contribution in [0.25, 0.3) is 0 Å². The van der Waals surface area contributed by atoms with Crippen LogP contribution in [0.15, 0.2) is 18.2 Å². The van der Waals surface area contributed by atoms with Crippen molar-refractivity contribution in [2.24, 2.45) is 23.2 Å². The number of likely N-dealkylation sites (tertiary alicyclic amines) is 1. The van der Waals surface area contributed by atoms with Gasteiger partial charge in [0, 0.05) is 31.4 Å². The van der Waals surface area contributed by atoms with Gasteiger partial charge in [0.2, 0.25) is 11.8 Å². The second kappa shape index (κ2) is 10.8. The molecule has 5 fully saturated rings. The maximum Gasteiger partial charge on any atom is 0.494 e. The second-order valence-electron chi connectivity index (χ2n) is 16.7. The van der Waals surface area contributed by atoms with Gasteiger partial charge >= 0.3 is 7.12 Å². The Bertz CT molecular complexity index is 1270. The minimum Gasteiger partial charge on any atom is -0.399 e. The predicted octanol–water partition coefficient (Wildman–Crippen LogP) is 5.61. The van der Waals surface area contributed by atoms with Crippen LogP contribution in [0.3, 0.4) is 0 Å². The highest BCUT2D eigenvalue weighted by Gasteiger charge is 2.57. The van der Waals surface area contributed by atoms with E-state index in [4.69, 9.17) is 14.0 Å². The zero-order valence-corrected chi connectivity index (χ0v) is 28.0. The normalized spacial score (nSPS) is 33.8. The van der Waals surface area contributed by atoms with Gasteiger partial charge in [-0.3, -0.25) is 9.59 Å². The summed E-state index contributed by atoms with van der Waals surface area (Å²) in [7, 11) is -0.463. The van der Waals surface area contributed by atoms with E-state index in [0.29, 0.717) is 50.5 Å². The highest BCUT2D eigenvalue weighted by Crippen LogP contribution is 2.53. The van der Waals surface area contributed by atoms with Crippen molar-refractivity contribution in [2.75, 3.05) is 31.2 Å². The number of carbonyl (C=O) groups excluding carboxylic acids is 2. The van der Waals surface area contributed by atoms with Gasteiger partial charge in [0.1, 0.15) is 0 Å². The first-order valence-electron chi connectivity index (χ1n) is 17.5. The molecular formula is C36H53BN2O5. The predicted molar refractivity (Wildman–Crippen MR) is 173 cm³/mol. The van der Waals surface area contributed by atoms with Crippen LogP contribution in [0.2, 0.25) is 0 Å². The smallest absolute Gasteiger partial charge is 0.399 e. The molecule has 0 radical (unpaired) electrons. The van der Waals surface area contributed by atoms with E-state index in [1.54, 1.807) is 0 Å². The molecule has 44 heavy (non-hydrogen) atoms. The number of benzene rings is 1. The van der Waals surface area contributed by atoms with Crippen molar-refractivity contribution >= 4 is 30.1 Å². The Morgan fingerprint density at radius 2 is 1.59 bits per heavy atom. The molecular weight excluding hydrogens is 551 g/mol. The first-order valence-corrected chi connectivity index (χ1v) is 17.5. The van der Waals surface area contributed by atoms with Crippen LogP contribution in [-0.2, 0) is 29.0 Å². The van der Waals surface area contributed by atoms with Gasteiger partial charge < -0.3 is 23.8 Å². The molecule has 6 aliphatic rings. The molecule has 0 aromatic heterocycles. The summed E-state index contributed by atoms with van der Waals surface area (Å²) in [4.78, 5) is 32.1. The van der Waals surface area contributed by atoms with Gasteiger partial charge in [-0.25, -0.2) is 0 Å². The number of rotatable bonds is 4. The molecule has 240 valence electrons. The van der Waals surface area contributed by atoms with Crippen molar-refractivity contribution in [3.63, 3.8) is 0 Å². The molecule has 2 amide bonds. The number of ether oxygens (including phenoxy) is 1. The summed E-state index contributed by atoms with van der Waals surface area (Å²) >= 11 is 0. The highest BCUT2D eigenvalue weighted by molar-refractivity contribution is 6.62. The molecule has 2 atom stereocenters. The third kappa shape index (κ3) is 5.06. The average Bonchev–Trinajstić information content (AvgIpc) is 3.58. The lowest BCUT2D eigenvalue weighted by Gasteiger charge is -2.46. The molecule has 1 aromatic carbocycles. The quantitative estimate of drug-likeness (QED) is 0.330. The largest absolute Gasteiger partial charge is 0.494 e. The van der Waals surface area contributed by atoms with Gasteiger partial charge in [-0.05, 0) is 113 Å².